The molecule has 11 heterocycles. The highest BCUT2D eigenvalue weighted by atomic mass is 15.5. The molecule has 14 aromatic carbocycles. The van der Waals surface area contributed by atoms with Gasteiger partial charge in [0.15, 0.2) is 23.3 Å². The van der Waals surface area contributed by atoms with Crippen LogP contribution in [0.5, 0.6) is 0 Å². The van der Waals surface area contributed by atoms with E-state index in [4.69, 9.17) is 19.9 Å². The second-order valence-electron chi connectivity index (χ2n) is 26.9. The molecule has 0 N–H and O–H groups in total. The molecule has 19 aromatic rings. The molecule has 13 nitrogen and oxygen atoms in total. The quantitative estimate of drug-likeness (QED) is 0.159. The zero-order chi connectivity index (χ0) is 63.8. The smallest absolute Gasteiger partial charge is 0.344 e. The van der Waals surface area contributed by atoms with Gasteiger partial charge in [-0.25, -0.2) is 9.97 Å². The van der Waals surface area contributed by atoms with Gasteiger partial charge in [-0.15, -0.1) is 0 Å². The number of rotatable bonds is 4. The highest BCUT2D eigenvalue weighted by Gasteiger charge is 2.58. The van der Waals surface area contributed by atoms with Gasteiger partial charge in [0, 0.05) is 99.4 Å². The lowest BCUT2D eigenvalue weighted by Crippen LogP contribution is -2.59. The van der Waals surface area contributed by atoms with E-state index in [0.29, 0.717) is 5.95 Å². The summed E-state index contributed by atoms with van der Waals surface area (Å²) in [5.41, 5.74) is 19.5. The molecule has 99 heavy (non-hydrogen) atoms. The number of hydrogen-bond acceptors (Lipinski definition) is 10. The maximum Gasteiger partial charge on any atom is 0.520 e. The minimum atomic E-state index is -0.346. The molecule has 0 bridgehead atoms. The van der Waals surface area contributed by atoms with Gasteiger partial charge in [0.2, 0.25) is 5.95 Å². The van der Waals surface area contributed by atoms with Crippen molar-refractivity contribution in [3.05, 3.63) is 285 Å². The molecule has 0 saturated carbocycles. The first-order valence-corrected chi connectivity index (χ1v) is 33.8. The summed E-state index contributed by atoms with van der Waals surface area (Å²) in [6, 6.07) is 103. The summed E-state index contributed by atoms with van der Waals surface area (Å²) >= 11 is 0. The fraction of sp³-hybridized carbons (Fsp3) is 0. The lowest BCUT2D eigenvalue weighted by Gasteiger charge is -2.46. The van der Waals surface area contributed by atoms with Crippen molar-refractivity contribution in [2.24, 2.45) is 0 Å². The highest BCUT2D eigenvalue weighted by Crippen LogP contribution is 2.63. The van der Waals surface area contributed by atoms with Gasteiger partial charge in [0.25, 0.3) is 0 Å². The molecule has 0 saturated heterocycles. The van der Waals surface area contributed by atoms with E-state index in [0.717, 1.165) is 157 Å². The van der Waals surface area contributed by atoms with Crippen LogP contribution in [0.25, 0.3) is 137 Å². The van der Waals surface area contributed by atoms with Crippen molar-refractivity contribution in [2.45, 2.75) is 0 Å². The van der Waals surface area contributed by atoms with Crippen LogP contribution < -0.4 is 28.9 Å². The van der Waals surface area contributed by atoms with Gasteiger partial charge in [-0.05, 0) is 124 Å². The second kappa shape index (κ2) is 17.9. The van der Waals surface area contributed by atoms with Gasteiger partial charge >= 0.3 is 14.2 Å². The number of aromatic nitrogens is 7. The SMILES string of the molecule is c1cc2c3c(cccc3c1)N1B3N2c2nc(-n4c5ccccc5c5cc(-c6ccc7c8c(cccc68)N6B8N(c9c6ncnc9-n6c9ccccc9c9ccccc96)c6cccc9cccc(c69)N87)ccc54)nc(-n4c5ccccc5c5ccccc54)c2N3c2cccc3cccc1c23. The summed E-state index contributed by atoms with van der Waals surface area (Å²) < 4.78 is 7.06. The molecule has 6 aliphatic heterocycles. The monoisotopic (exact) mass is 1260 g/mol. The van der Waals surface area contributed by atoms with Crippen LogP contribution in [0.3, 0.4) is 0 Å². The van der Waals surface area contributed by atoms with Crippen LogP contribution in [0.1, 0.15) is 0 Å². The maximum atomic E-state index is 6.06. The Balaban J connectivity index is 0.725. The molecular formula is C84H47B2N13. The molecule has 6 aliphatic rings. The molecule has 15 heteroatoms. The summed E-state index contributed by atoms with van der Waals surface area (Å²) in [7, 11) is -0.667. The normalized spacial score (nSPS) is 14.3. The number of benzene rings is 14. The van der Waals surface area contributed by atoms with E-state index >= 15 is 0 Å². The van der Waals surface area contributed by atoms with Crippen LogP contribution in [0.15, 0.2) is 285 Å². The van der Waals surface area contributed by atoms with E-state index in [2.05, 4.69) is 322 Å². The van der Waals surface area contributed by atoms with Crippen molar-refractivity contribution in [1.29, 1.82) is 0 Å². The average Bonchev–Trinajstić information content (AvgIpc) is 1.54. The number of para-hydroxylation sites is 5. The summed E-state index contributed by atoms with van der Waals surface area (Å²) in [6.45, 7) is 0. The fourth-order valence-electron chi connectivity index (χ4n) is 18.6. The van der Waals surface area contributed by atoms with Crippen molar-refractivity contribution < 1.29 is 0 Å². The van der Waals surface area contributed by atoms with Gasteiger partial charge in [-0.3, -0.25) is 13.7 Å². The molecule has 0 amide bonds. The van der Waals surface area contributed by atoms with Crippen LogP contribution in [0, 0.1) is 0 Å². The summed E-state index contributed by atoms with van der Waals surface area (Å²) in [5, 5.41) is 16.3. The van der Waals surface area contributed by atoms with Crippen LogP contribution in [0.4, 0.5) is 68.5 Å². The number of nitrogens with zero attached hydrogens (tertiary/aromatic N) is 13. The minimum absolute atomic E-state index is 0.322. The van der Waals surface area contributed by atoms with E-state index < -0.39 is 0 Å². The Bertz CT molecular complexity index is 6870. The van der Waals surface area contributed by atoms with E-state index in [1.165, 1.54) is 43.1 Å². The molecule has 0 spiro atoms. The van der Waals surface area contributed by atoms with Crippen molar-refractivity contribution in [3.63, 3.8) is 0 Å². The minimum Gasteiger partial charge on any atom is -0.344 e. The first-order chi connectivity index (χ1) is 49.2. The molecule has 0 aliphatic carbocycles. The van der Waals surface area contributed by atoms with E-state index in [1.807, 2.05) is 0 Å². The zero-order valence-electron chi connectivity index (χ0n) is 52.6. The van der Waals surface area contributed by atoms with E-state index in [-0.39, 0.29) is 14.2 Å². The van der Waals surface area contributed by atoms with Gasteiger partial charge in [0.05, 0.1) is 33.1 Å². The van der Waals surface area contributed by atoms with Crippen molar-refractivity contribution in [3.8, 4) is 28.7 Å². The Hall–Kier alpha value is -13.4. The van der Waals surface area contributed by atoms with Crippen molar-refractivity contribution in [2.75, 3.05) is 28.9 Å². The molecule has 0 radical (unpaired) electrons. The van der Waals surface area contributed by atoms with Crippen LogP contribution >= 0.6 is 0 Å². The Morgan fingerprint density at radius 3 is 1.12 bits per heavy atom. The highest BCUT2D eigenvalue weighted by molar-refractivity contribution is 6.82. The van der Waals surface area contributed by atoms with Crippen LogP contribution in [-0.4, -0.2) is 47.9 Å². The van der Waals surface area contributed by atoms with Crippen LogP contribution in [0.2, 0.25) is 0 Å². The van der Waals surface area contributed by atoms with Gasteiger partial charge in [-0.1, -0.05) is 188 Å². The lowest BCUT2D eigenvalue weighted by molar-refractivity contribution is 0.951. The second-order valence-corrected chi connectivity index (χ2v) is 26.9. The van der Waals surface area contributed by atoms with Gasteiger partial charge < -0.3 is 28.9 Å². The molecule has 454 valence electrons. The third-order valence-corrected chi connectivity index (χ3v) is 22.4. The molecule has 5 aromatic heterocycles. The topological polar surface area (TPSA) is 85.8 Å². The Morgan fingerprint density at radius 1 is 0.242 bits per heavy atom. The number of hydrogen-bond donors (Lipinski definition) is 0. The van der Waals surface area contributed by atoms with E-state index in [1.54, 1.807) is 6.33 Å². The predicted octanol–water partition coefficient (Wildman–Crippen LogP) is 20.3. The Morgan fingerprint density at radius 2 is 0.606 bits per heavy atom. The summed E-state index contributed by atoms with van der Waals surface area (Å²) in [6.07, 6.45) is 1.76. The third kappa shape index (κ3) is 6.10. The summed E-state index contributed by atoms with van der Waals surface area (Å²) in [5.74, 6) is 3.90. The average molecular weight is 1260 g/mol. The molecule has 0 fully saturated rings. The molecule has 25 rings (SSSR count). The van der Waals surface area contributed by atoms with Crippen molar-refractivity contribution in [1.82, 2.24) is 33.6 Å². The molecule has 0 atom stereocenters. The van der Waals surface area contributed by atoms with E-state index in [9.17, 15) is 0 Å². The molecular weight excluding hydrogens is 1210 g/mol. The van der Waals surface area contributed by atoms with Gasteiger partial charge in [-0.2, -0.15) is 9.97 Å². The lowest BCUT2D eigenvalue weighted by atomic mass is 9.75. The number of anilines is 12. The Kier molecular flexibility index (Phi) is 9.24. The van der Waals surface area contributed by atoms with Crippen molar-refractivity contribution >= 4 is 191 Å². The van der Waals surface area contributed by atoms with Crippen LogP contribution in [-0.2, 0) is 0 Å². The zero-order valence-corrected chi connectivity index (χ0v) is 52.6. The largest absolute Gasteiger partial charge is 0.520 e. The fourth-order valence-corrected chi connectivity index (χ4v) is 18.6. The maximum absolute atomic E-state index is 6.06. The standard InChI is InChI=1S/C84H47B2N13/c1-6-30-60-53(24-1)54-25-2-7-31-61(54)91(60)80-78-81(88-47-87-80)98-72-41-17-29-58-52(43-45-73(77(58)72)95-67-36-12-19-49-21-14-38-69(75(49)67)96(78)85(95)98)51-42-44-65-59(46-51)57-28-5-10-34-64(57)93(65)84-89-82(92-62-32-8-3-26-55(62)56-27-4-9-33-63(56)92)79-83(90-84)99-71-40-16-23-50-20-13-37-68(76(50)71)94-66-35-11-18-48-22-15-39-70(74(48)66)97(79)86(94)99/h1-47H. The van der Waals surface area contributed by atoms with Gasteiger partial charge in [0.1, 0.15) is 17.7 Å². The summed E-state index contributed by atoms with van der Waals surface area (Å²) in [4.78, 5) is 37.8. The molecule has 0 unspecified atom stereocenters. The first kappa shape index (κ1) is 51.0. The predicted molar refractivity (Wildman–Crippen MR) is 406 cm³/mol. The Labute approximate surface area is 564 Å². The first-order valence-electron chi connectivity index (χ1n) is 33.8. The third-order valence-electron chi connectivity index (χ3n) is 22.4. The number of fused-ring (bicyclic) bond motifs is 23.